The van der Waals surface area contributed by atoms with Gasteiger partial charge in [0.15, 0.2) is 0 Å². The second kappa shape index (κ2) is 10.5. The molecule has 8 heteroatoms. The molecule has 0 spiro atoms. The van der Waals surface area contributed by atoms with Crippen LogP contribution in [0.15, 0.2) is 67.1 Å². The van der Waals surface area contributed by atoms with Crippen molar-refractivity contribution in [3.63, 3.8) is 0 Å². The highest BCUT2D eigenvalue weighted by atomic mass is 35.5. The van der Waals surface area contributed by atoms with Crippen molar-refractivity contribution >= 4 is 34.9 Å². The summed E-state index contributed by atoms with van der Waals surface area (Å²) in [6, 6.07) is 12.7. The molecule has 4 nitrogen and oxygen atoms in total. The summed E-state index contributed by atoms with van der Waals surface area (Å²) in [4.78, 5) is 8.51. The Labute approximate surface area is 189 Å². The zero-order chi connectivity index (χ0) is 20.9. The lowest BCUT2D eigenvalue weighted by atomic mass is 10.1. The van der Waals surface area contributed by atoms with E-state index in [4.69, 9.17) is 16.3 Å². The third-order valence-corrected chi connectivity index (χ3v) is 4.91. The molecule has 0 aliphatic rings. The van der Waals surface area contributed by atoms with Gasteiger partial charge in [-0.25, -0.2) is 8.78 Å². The molecule has 0 aliphatic heterocycles. The number of rotatable bonds is 7. The van der Waals surface area contributed by atoms with Crippen molar-refractivity contribution in [1.29, 1.82) is 0 Å². The molecule has 1 N–H and O–H groups in total. The van der Waals surface area contributed by atoms with Crippen molar-refractivity contribution in [2.75, 3.05) is 13.2 Å². The van der Waals surface area contributed by atoms with Crippen molar-refractivity contribution in [2.24, 2.45) is 0 Å². The predicted octanol–water partition coefficient (Wildman–Crippen LogP) is 5.82. The first-order valence-corrected chi connectivity index (χ1v) is 9.76. The number of hydrogen-bond acceptors (Lipinski definition) is 4. The van der Waals surface area contributed by atoms with Gasteiger partial charge in [-0.3, -0.25) is 9.97 Å². The first-order valence-electron chi connectivity index (χ1n) is 9.38. The summed E-state index contributed by atoms with van der Waals surface area (Å²) < 4.78 is 33.0. The number of fused-ring (bicyclic) bond motifs is 1. The van der Waals surface area contributed by atoms with Crippen molar-refractivity contribution < 1.29 is 13.5 Å². The summed E-state index contributed by atoms with van der Waals surface area (Å²) in [5.74, 6) is -0.544. The Morgan fingerprint density at radius 2 is 1.90 bits per heavy atom. The van der Waals surface area contributed by atoms with E-state index in [2.05, 4.69) is 15.3 Å². The number of nitrogens with one attached hydrogen (secondary N) is 1. The lowest BCUT2D eigenvalue weighted by Crippen LogP contribution is -2.20. The minimum atomic E-state index is -0.612. The molecule has 0 atom stereocenters. The summed E-state index contributed by atoms with van der Waals surface area (Å²) in [7, 11) is 0. The van der Waals surface area contributed by atoms with Gasteiger partial charge < -0.3 is 10.1 Å². The predicted molar refractivity (Wildman–Crippen MR) is 121 cm³/mol. The molecular formula is C23H19Cl2F2N3O. The topological polar surface area (TPSA) is 47.0 Å². The lowest BCUT2D eigenvalue weighted by molar-refractivity contribution is 0.316. The Kier molecular flexibility index (Phi) is 7.74. The van der Waals surface area contributed by atoms with Crippen LogP contribution < -0.4 is 10.1 Å². The molecule has 4 rings (SSSR count). The van der Waals surface area contributed by atoms with Gasteiger partial charge in [-0.2, -0.15) is 0 Å². The quantitative estimate of drug-likeness (QED) is 0.352. The van der Waals surface area contributed by atoms with Crippen LogP contribution in [-0.4, -0.2) is 23.1 Å². The molecular weight excluding hydrogens is 443 g/mol. The summed E-state index contributed by atoms with van der Waals surface area (Å²) in [6.07, 6.45) is 4.96. The molecule has 0 radical (unpaired) electrons. The van der Waals surface area contributed by atoms with Gasteiger partial charge in [0.1, 0.15) is 29.5 Å². The Hall–Kier alpha value is -2.80. The molecule has 0 aliphatic carbocycles. The number of benzene rings is 2. The van der Waals surface area contributed by atoms with Gasteiger partial charge in [0, 0.05) is 54.3 Å². The van der Waals surface area contributed by atoms with Crippen LogP contribution in [0.1, 0.15) is 5.56 Å². The van der Waals surface area contributed by atoms with Gasteiger partial charge in [0.2, 0.25) is 0 Å². The summed E-state index contributed by atoms with van der Waals surface area (Å²) in [5, 5.41) is 4.75. The number of nitrogens with zero attached hydrogens (tertiary/aromatic N) is 2. The molecule has 0 saturated heterocycles. The van der Waals surface area contributed by atoms with E-state index >= 15 is 0 Å². The number of aromatic nitrogens is 2. The van der Waals surface area contributed by atoms with Crippen molar-refractivity contribution in [3.8, 4) is 16.9 Å². The van der Waals surface area contributed by atoms with Crippen LogP contribution in [-0.2, 0) is 6.54 Å². The third-order valence-electron chi connectivity index (χ3n) is 4.58. The van der Waals surface area contributed by atoms with Gasteiger partial charge in [-0.05, 0) is 48.0 Å². The minimum Gasteiger partial charge on any atom is -0.490 e. The SMILES string of the molecule is Cl.Fc1ccc(-c2cncc(CNCCOc3ccc(Cl)c4cccnc34)c2)c(F)c1. The summed E-state index contributed by atoms with van der Waals surface area (Å²) in [5.41, 5.74) is 2.52. The Bertz CT molecular complexity index is 1190. The van der Waals surface area contributed by atoms with Gasteiger partial charge in [0.05, 0.1) is 5.02 Å². The van der Waals surface area contributed by atoms with E-state index in [1.807, 2.05) is 24.3 Å². The maximum atomic E-state index is 14.0. The van der Waals surface area contributed by atoms with Gasteiger partial charge in [-0.15, -0.1) is 12.4 Å². The van der Waals surface area contributed by atoms with Crippen molar-refractivity contribution in [1.82, 2.24) is 15.3 Å². The molecule has 0 fully saturated rings. The van der Waals surface area contributed by atoms with Crippen LogP contribution in [0, 0.1) is 11.6 Å². The smallest absolute Gasteiger partial charge is 0.145 e. The summed E-state index contributed by atoms with van der Waals surface area (Å²) in [6.45, 7) is 1.56. The van der Waals surface area contributed by atoms with Gasteiger partial charge in [0.25, 0.3) is 0 Å². The number of ether oxygens (including phenoxy) is 1. The highest BCUT2D eigenvalue weighted by molar-refractivity contribution is 6.35. The van der Waals surface area contributed by atoms with Gasteiger partial charge >= 0.3 is 0 Å². The minimum absolute atomic E-state index is 0. The van der Waals surface area contributed by atoms with E-state index in [1.165, 1.54) is 12.1 Å². The standard InChI is InChI=1S/C23H18ClF2N3O.ClH/c24-20-5-6-22(23-19(20)2-1-7-29-23)30-9-8-27-12-15-10-16(14-28-13-15)18-4-3-17(25)11-21(18)26;/h1-7,10-11,13-14,27H,8-9,12H2;1H. The zero-order valence-corrected chi connectivity index (χ0v) is 17.9. The van der Waals surface area contributed by atoms with E-state index in [1.54, 1.807) is 24.7 Å². The van der Waals surface area contributed by atoms with Crippen LogP contribution in [0.2, 0.25) is 5.02 Å². The molecule has 2 heterocycles. The van der Waals surface area contributed by atoms with E-state index < -0.39 is 11.6 Å². The second-order valence-corrected chi connectivity index (χ2v) is 7.08. The molecule has 0 saturated carbocycles. The molecule has 0 bridgehead atoms. The first-order chi connectivity index (χ1) is 14.6. The normalized spacial score (nSPS) is 10.7. The third kappa shape index (κ3) is 5.47. The number of hydrogen-bond donors (Lipinski definition) is 1. The Morgan fingerprint density at radius 1 is 1.03 bits per heavy atom. The molecule has 160 valence electrons. The zero-order valence-electron chi connectivity index (χ0n) is 16.3. The van der Waals surface area contributed by atoms with E-state index in [0.717, 1.165) is 22.5 Å². The molecule has 0 amide bonds. The van der Waals surface area contributed by atoms with Crippen LogP contribution in [0.3, 0.4) is 0 Å². The average molecular weight is 462 g/mol. The van der Waals surface area contributed by atoms with E-state index in [-0.39, 0.29) is 12.4 Å². The molecule has 4 aromatic rings. The fourth-order valence-corrected chi connectivity index (χ4v) is 3.36. The molecule has 31 heavy (non-hydrogen) atoms. The molecule has 0 unspecified atom stereocenters. The van der Waals surface area contributed by atoms with Crippen LogP contribution in [0.5, 0.6) is 5.75 Å². The highest BCUT2D eigenvalue weighted by Crippen LogP contribution is 2.29. The van der Waals surface area contributed by atoms with Crippen LogP contribution >= 0.6 is 24.0 Å². The number of halogens is 4. The molecule has 2 aromatic carbocycles. The first kappa shape index (κ1) is 22.9. The van der Waals surface area contributed by atoms with Crippen LogP contribution in [0.4, 0.5) is 8.78 Å². The fourth-order valence-electron chi connectivity index (χ4n) is 3.15. The van der Waals surface area contributed by atoms with E-state index in [9.17, 15) is 8.78 Å². The highest BCUT2D eigenvalue weighted by Gasteiger charge is 2.08. The Balaban J connectivity index is 0.00000272. The van der Waals surface area contributed by atoms with Crippen LogP contribution in [0.25, 0.3) is 22.0 Å². The van der Waals surface area contributed by atoms with E-state index in [0.29, 0.717) is 41.6 Å². The maximum Gasteiger partial charge on any atom is 0.145 e. The average Bonchev–Trinajstić information content (AvgIpc) is 2.75. The Morgan fingerprint density at radius 3 is 2.74 bits per heavy atom. The van der Waals surface area contributed by atoms with Crippen molar-refractivity contribution in [2.45, 2.75) is 6.54 Å². The summed E-state index contributed by atoms with van der Waals surface area (Å²) >= 11 is 6.20. The molecule has 2 aromatic heterocycles. The largest absolute Gasteiger partial charge is 0.490 e. The monoisotopic (exact) mass is 461 g/mol. The number of pyridine rings is 2. The maximum absolute atomic E-state index is 14.0. The van der Waals surface area contributed by atoms with Gasteiger partial charge in [-0.1, -0.05) is 11.6 Å². The van der Waals surface area contributed by atoms with Crippen molar-refractivity contribution in [3.05, 3.63) is 89.3 Å². The second-order valence-electron chi connectivity index (χ2n) is 6.68. The fraction of sp³-hybridized carbons (Fsp3) is 0.130. The lowest BCUT2D eigenvalue weighted by Gasteiger charge is -2.11.